The van der Waals surface area contributed by atoms with Gasteiger partial charge in [-0.2, -0.15) is 4.98 Å². The van der Waals surface area contributed by atoms with Gasteiger partial charge >= 0.3 is 6.01 Å². The van der Waals surface area contributed by atoms with Gasteiger partial charge in [-0.05, 0) is 56.0 Å². The first-order valence-corrected chi connectivity index (χ1v) is 11.4. The fourth-order valence-electron chi connectivity index (χ4n) is 4.18. The number of aliphatic hydroxyl groups is 1. The molecule has 2 fully saturated rings. The molecule has 33 heavy (non-hydrogen) atoms. The molecule has 5 rings (SSSR count). The summed E-state index contributed by atoms with van der Waals surface area (Å²) in [5.41, 5.74) is 2.58. The Hall–Kier alpha value is -2.88. The third kappa shape index (κ3) is 5.05. The number of nitrogens with one attached hydrogen (secondary N) is 1. The number of H-pyrrole nitrogens is 1. The van der Waals surface area contributed by atoms with Crippen molar-refractivity contribution >= 4 is 0 Å². The maximum absolute atomic E-state index is 13.5. The number of aromatic nitrogens is 4. The van der Waals surface area contributed by atoms with Gasteiger partial charge < -0.3 is 24.3 Å². The molecule has 1 aromatic carbocycles. The third-order valence-corrected chi connectivity index (χ3v) is 6.00. The molecule has 174 valence electrons. The normalized spacial score (nSPS) is 21.8. The van der Waals surface area contributed by atoms with E-state index in [0.29, 0.717) is 42.1 Å². The van der Waals surface area contributed by atoms with Crippen molar-refractivity contribution in [2.45, 2.75) is 44.5 Å². The van der Waals surface area contributed by atoms with Gasteiger partial charge in [0, 0.05) is 17.7 Å². The fraction of sp³-hybridized carbons (Fsp3) is 0.458. The number of aliphatic hydroxyl groups excluding tert-OH is 1. The highest BCUT2D eigenvalue weighted by atomic mass is 19.1. The van der Waals surface area contributed by atoms with E-state index in [1.165, 1.54) is 18.6 Å². The number of halogens is 1. The minimum Gasteiger partial charge on any atom is -0.460 e. The highest BCUT2D eigenvalue weighted by molar-refractivity contribution is 5.76. The summed E-state index contributed by atoms with van der Waals surface area (Å²) < 4.78 is 31.1. The number of nitrogens with zero attached hydrogens (tertiary/aromatic N) is 3. The second-order valence-corrected chi connectivity index (χ2v) is 8.50. The summed E-state index contributed by atoms with van der Waals surface area (Å²) in [6, 6.07) is 8.24. The topological polar surface area (TPSA) is 102 Å². The number of hydrogen-bond donors (Lipinski definition) is 2. The van der Waals surface area contributed by atoms with Crippen LogP contribution in [0.2, 0.25) is 0 Å². The second kappa shape index (κ2) is 9.94. The van der Waals surface area contributed by atoms with Crippen LogP contribution in [0.4, 0.5) is 4.39 Å². The van der Waals surface area contributed by atoms with Gasteiger partial charge in [0.1, 0.15) is 11.9 Å². The largest absolute Gasteiger partial charge is 0.460 e. The van der Waals surface area contributed by atoms with Crippen molar-refractivity contribution in [2.24, 2.45) is 5.92 Å². The van der Waals surface area contributed by atoms with Gasteiger partial charge in [-0.3, -0.25) is 0 Å². The highest BCUT2D eigenvalue weighted by Gasteiger charge is 2.28. The van der Waals surface area contributed by atoms with E-state index in [-0.39, 0.29) is 24.4 Å². The van der Waals surface area contributed by atoms with Crippen LogP contribution in [0, 0.1) is 11.7 Å². The second-order valence-electron chi connectivity index (χ2n) is 8.50. The summed E-state index contributed by atoms with van der Waals surface area (Å²) in [6.45, 7) is 0.744. The lowest BCUT2D eigenvalue weighted by Gasteiger charge is -2.26. The minimum atomic E-state index is -0.694. The van der Waals surface area contributed by atoms with Crippen LogP contribution in [0.5, 0.6) is 6.01 Å². The summed E-state index contributed by atoms with van der Waals surface area (Å²) in [5, 5.41) is 9.32. The molecule has 0 atom stereocenters. The zero-order valence-electron chi connectivity index (χ0n) is 18.2. The Morgan fingerprint density at radius 2 is 1.79 bits per heavy atom. The molecular formula is C24H27FN4O4. The summed E-state index contributed by atoms with van der Waals surface area (Å²) >= 11 is 0. The van der Waals surface area contributed by atoms with Crippen LogP contribution in [0.3, 0.4) is 0 Å². The van der Waals surface area contributed by atoms with Crippen LogP contribution in [0.25, 0.3) is 22.6 Å². The first kappa shape index (κ1) is 21.9. The summed E-state index contributed by atoms with van der Waals surface area (Å²) in [5.74, 6) is 0.0953. The maximum atomic E-state index is 13.5. The molecule has 8 nitrogen and oxygen atoms in total. The minimum absolute atomic E-state index is 0.00165. The molecule has 0 unspecified atom stereocenters. The molecule has 1 saturated carbocycles. The van der Waals surface area contributed by atoms with E-state index in [1.807, 2.05) is 0 Å². The number of imidazole rings is 1. The Labute approximate surface area is 191 Å². The zero-order chi connectivity index (χ0) is 22.6. The number of aromatic amines is 1. The van der Waals surface area contributed by atoms with Crippen LogP contribution < -0.4 is 4.74 Å². The van der Waals surface area contributed by atoms with Gasteiger partial charge in [-0.25, -0.2) is 14.4 Å². The Kier molecular flexibility index (Phi) is 6.61. The van der Waals surface area contributed by atoms with Crippen LogP contribution >= 0.6 is 0 Å². The van der Waals surface area contributed by atoms with E-state index in [0.717, 1.165) is 31.2 Å². The van der Waals surface area contributed by atoms with Crippen molar-refractivity contribution in [1.29, 1.82) is 0 Å². The van der Waals surface area contributed by atoms with Crippen LogP contribution in [-0.4, -0.2) is 51.0 Å². The third-order valence-electron chi connectivity index (χ3n) is 6.00. The van der Waals surface area contributed by atoms with Crippen molar-refractivity contribution in [3.05, 3.63) is 48.2 Å². The lowest BCUT2D eigenvalue weighted by Crippen LogP contribution is -2.29. The summed E-state index contributed by atoms with van der Waals surface area (Å²) in [7, 11) is 0. The monoisotopic (exact) mass is 454 g/mol. The average molecular weight is 455 g/mol. The van der Waals surface area contributed by atoms with Crippen molar-refractivity contribution in [1.82, 2.24) is 19.9 Å². The van der Waals surface area contributed by atoms with E-state index in [2.05, 4.69) is 15.0 Å². The maximum Gasteiger partial charge on any atom is 0.317 e. The average Bonchev–Trinajstić information content (AvgIpc) is 3.31. The molecule has 2 aliphatic rings. The van der Waals surface area contributed by atoms with E-state index in [9.17, 15) is 9.50 Å². The fourth-order valence-corrected chi connectivity index (χ4v) is 4.18. The molecule has 3 heterocycles. The van der Waals surface area contributed by atoms with Gasteiger partial charge in [0.2, 0.25) is 6.29 Å². The smallest absolute Gasteiger partial charge is 0.317 e. The van der Waals surface area contributed by atoms with Gasteiger partial charge in [0.05, 0.1) is 36.9 Å². The van der Waals surface area contributed by atoms with Gasteiger partial charge in [0.15, 0.2) is 5.82 Å². The molecule has 0 radical (unpaired) electrons. The van der Waals surface area contributed by atoms with Crippen LogP contribution in [0.15, 0.2) is 36.5 Å². The molecule has 1 saturated heterocycles. The van der Waals surface area contributed by atoms with Crippen molar-refractivity contribution in [3.8, 4) is 28.7 Å². The standard InChI is InChI=1S/C24H27FN4O4/c25-17-8-6-16(7-9-17)20-21(29-22(28-20)23-31-13-15(12-30)14-32-23)19-10-11-26-24(27-19)33-18-4-2-1-3-5-18/h6-11,15,18,23,30H,1-5,12-14H2,(H,28,29). The van der Waals surface area contributed by atoms with E-state index >= 15 is 0 Å². The Balaban J connectivity index is 1.47. The van der Waals surface area contributed by atoms with Crippen molar-refractivity contribution < 1.29 is 23.7 Å². The first-order chi connectivity index (χ1) is 16.2. The SMILES string of the molecule is OCC1COC(c2nc(-c3ccc(F)cc3)c(-c3ccnc(OC4CCCCC4)n3)[nH]2)OC1. The van der Waals surface area contributed by atoms with E-state index < -0.39 is 6.29 Å². The van der Waals surface area contributed by atoms with E-state index in [4.69, 9.17) is 19.2 Å². The highest BCUT2D eigenvalue weighted by Crippen LogP contribution is 2.33. The quantitative estimate of drug-likeness (QED) is 0.580. The number of ether oxygens (including phenoxy) is 3. The molecule has 2 aromatic heterocycles. The number of hydrogen-bond acceptors (Lipinski definition) is 7. The van der Waals surface area contributed by atoms with Gasteiger partial charge in [-0.1, -0.05) is 6.42 Å². The Morgan fingerprint density at radius 3 is 2.52 bits per heavy atom. The van der Waals surface area contributed by atoms with Crippen molar-refractivity contribution in [3.63, 3.8) is 0 Å². The van der Waals surface area contributed by atoms with Crippen molar-refractivity contribution in [2.75, 3.05) is 19.8 Å². The van der Waals surface area contributed by atoms with E-state index in [1.54, 1.807) is 24.4 Å². The molecule has 3 aromatic rings. The Morgan fingerprint density at radius 1 is 1.03 bits per heavy atom. The predicted octanol–water partition coefficient (Wildman–Crippen LogP) is 4.04. The first-order valence-electron chi connectivity index (χ1n) is 11.4. The van der Waals surface area contributed by atoms with Gasteiger partial charge in [-0.15, -0.1) is 0 Å². The lowest BCUT2D eigenvalue weighted by molar-refractivity contribution is -0.213. The Bertz CT molecular complexity index is 1060. The molecular weight excluding hydrogens is 427 g/mol. The summed E-state index contributed by atoms with van der Waals surface area (Å²) in [4.78, 5) is 16.9. The number of benzene rings is 1. The van der Waals surface area contributed by atoms with Crippen LogP contribution in [0.1, 0.15) is 44.2 Å². The molecule has 9 heteroatoms. The molecule has 0 spiro atoms. The zero-order valence-corrected chi connectivity index (χ0v) is 18.2. The molecule has 0 amide bonds. The number of rotatable bonds is 6. The molecule has 1 aliphatic carbocycles. The van der Waals surface area contributed by atoms with Crippen LogP contribution in [-0.2, 0) is 9.47 Å². The lowest BCUT2D eigenvalue weighted by atomic mass is 9.98. The summed E-state index contributed by atoms with van der Waals surface area (Å²) in [6.07, 6.45) is 6.66. The van der Waals surface area contributed by atoms with Gasteiger partial charge in [0.25, 0.3) is 0 Å². The molecule has 2 N–H and O–H groups in total. The molecule has 0 bridgehead atoms. The predicted molar refractivity (Wildman–Crippen MR) is 118 cm³/mol. The molecule has 1 aliphatic heterocycles.